The van der Waals surface area contributed by atoms with Gasteiger partial charge < -0.3 is 4.98 Å². The van der Waals surface area contributed by atoms with Crippen LogP contribution in [0.1, 0.15) is 5.56 Å². The summed E-state index contributed by atoms with van der Waals surface area (Å²) in [5.41, 5.74) is 2.88. The maximum absolute atomic E-state index is 11.8. The second kappa shape index (κ2) is 4.73. The zero-order chi connectivity index (χ0) is 14.1. The second-order valence-electron chi connectivity index (χ2n) is 4.60. The van der Waals surface area contributed by atoms with Crippen LogP contribution in [0.2, 0.25) is 0 Å². The highest BCUT2D eigenvalue weighted by atomic mass is 16.1. The van der Waals surface area contributed by atoms with Crippen LogP contribution in [0, 0.1) is 6.92 Å². The molecule has 0 aliphatic heterocycles. The zero-order valence-electron chi connectivity index (χ0n) is 11.2. The summed E-state index contributed by atoms with van der Waals surface area (Å²) in [4.78, 5) is 23.2. The van der Waals surface area contributed by atoms with Crippen LogP contribution in [0.25, 0.3) is 22.8 Å². The number of pyridine rings is 1. The molecule has 0 aliphatic rings. The molecule has 0 bridgehead atoms. The Labute approximate surface area is 115 Å². The summed E-state index contributed by atoms with van der Waals surface area (Å²) in [7, 11) is 1.82. The van der Waals surface area contributed by atoms with Crippen molar-refractivity contribution in [2.45, 2.75) is 6.92 Å². The molecule has 3 aromatic heterocycles. The van der Waals surface area contributed by atoms with Gasteiger partial charge in [0, 0.05) is 31.1 Å². The summed E-state index contributed by atoms with van der Waals surface area (Å²) in [5, 5.41) is 4.09. The van der Waals surface area contributed by atoms with Crippen LogP contribution in [0.3, 0.4) is 0 Å². The lowest BCUT2D eigenvalue weighted by Gasteiger charge is -2.03. The van der Waals surface area contributed by atoms with Crippen molar-refractivity contribution in [2.24, 2.45) is 7.05 Å². The predicted molar refractivity (Wildman–Crippen MR) is 75.0 cm³/mol. The highest BCUT2D eigenvalue weighted by Gasteiger charge is 2.08. The Morgan fingerprint density at radius 3 is 2.80 bits per heavy atom. The number of hydrogen-bond donors (Lipinski definition) is 1. The standard InChI is InChI=1S/C14H13N5O/c1-9-3-4-15-12(5-9)14-17-11(6-13(20)18-14)10-7-16-19(2)8-10/h3-8H,1-2H3,(H,17,18,20). The van der Waals surface area contributed by atoms with Crippen molar-refractivity contribution in [1.29, 1.82) is 0 Å². The van der Waals surface area contributed by atoms with Crippen LogP contribution in [0.5, 0.6) is 0 Å². The van der Waals surface area contributed by atoms with Gasteiger partial charge in [-0.1, -0.05) is 0 Å². The fourth-order valence-corrected chi connectivity index (χ4v) is 1.95. The highest BCUT2D eigenvalue weighted by Crippen LogP contribution is 2.17. The number of H-pyrrole nitrogens is 1. The maximum atomic E-state index is 11.8. The van der Waals surface area contributed by atoms with Crippen LogP contribution in [-0.2, 0) is 7.05 Å². The molecule has 0 atom stereocenters. The number of aromatic nitrogens is 5. The normalized spacial score (nSPS) is 10.7. The monoisotopic (exact) mass is 267 g/mol. The third-order valence-corrected chi connectivity index (χ3v) is 2.90. The van der Waals surface area contributed by atoms with Crippen LogP contribution in [0.15, 0.2) is 41.6 Å². The van der Waals surface area contributed by atoms with Crippen molar-refractivity contribution in [3.05, 3.63) is 52.7 Å². The Bertz CT molecular complexity index is 818. The van der Waals surface area contributed by atoms with E-state index in [2.05, 4.69) is 20.1 Å². The van der Waals surface area contributed by atoms with Gasteiger partial charge in [-0.25, -0.2) is 4.98 Å². The van der Waals surface area contributed by atoms with E-state index in [-0.39, 0.29) is 5.56 Å². The molecular weight excluding hydrogens is 254 g/mol. The Morgan fingerprint density at radius 2 is 2.10 bits per heavy atom. The van der Waals surface area contributed by atoms with Crippen molar-refractivity contribution in [3.8, 4) is 22.8 Å². The summed E-state index contributed by atoms with van der Waals surface area (Å²) in [5.74, 6) is 0.458. The Balaban J connectivity index is 2.14. The van der Waals surface area contributed by atoms with Crippen molar-refractivity contribution >= 4 is 0 Å². The molecule has 3 rings (SSSR count). The molecule has 0 aromatic carbocycles. The molecule has 1 N–H and O–H groups in total. The fraction of sp³-hybridized carbons (Fsp3) is 0.143. The zero-order valence-corrected chi connectivity index (χ0v) is 11.2. The van der Waals surface area contributed by atoms with Crippen molar-refractivity contribution in [2.75, 3.05) is 0 Å². The Hall–Kier alpha value is -2.76. The molecule has 3 aromatic rings. The van der Waals surface area contributed by atoms with E-state index < -0.39 is 0 Å². The molecule has 6 heteroatoms. The highest BCUT2D eigenvalue weighted by molar-refractivity contribution is 5.60. The first-order valence-corrected chi connectivity index (χ1v) is 6.15. The van der Waals surface area contributed by atoms with Crippen molar-refractivity contribution < 1.29 is 0 Å². The van der Waals surface area contributed by atoms with Gasteiger partial charge in [0.25, 0.3) is 5.56 Å². The van der Waals surface area contributed by atoms with Gasteiger partial charge in [-0.2, -0.15) is 5.10 Å². The molecule has 0 saturated heterocycles. The van der Waals surface area contributed by atoms with Gasteiger partial charge in [0.1, 0.15) is 5.69 Å². The predicted octanol–water partition coefficient (Wildman–Crippen LogP) is 1.54. The molecule has 0 amide bonds. The SMILES string of the molecule is Cc1ccnc(-c2nc(-c3cnn(C)c3)cc(=O)[nH]2)c1. The van der Waals surface area contributed by atoms with E-state index in [0.29, 0.717) is 17.2 Å². The van der Waals surface area contributed by atoms with Crippen LogP contribution < -0.4 is 5.56 Å². The number of aryl methyl sites for hydroxylation is 2. The summed E-state index contributed by atoms with van der Waals surface area (Å²) >= 11 is 0. The summed E-state index contributed by atoms with van der Waals surface area (Å²) in [6, 6.07) is 5.23. The summed E-state index contributed by atoms with van der Waals surface area (Å²) in [6.45, 7) is 1.97. The lowest BCUT2D eigenvalue weighted by atomic mass is 10.2. The van der Waals surface area contributed by atoms with Crippen LogP contribution >= 0.6 is 0 Å². The third-order valence-electron chi connectivity index (χ3n) is 2.90. The van der Waals surface area contributed by atoms with Gasteiger partial charge >= 0.3 is 0 Å². The Morgan fingerprint density at radius 1 is 1.25 bits per heavy atom. The first-order valence-electron chi connectivity index (χ1n) is 6.15. The molecule has 0 aliphatic carbocycles. The van der Waals surface area contributed by atoms with Gasteiger partial charge in [0.2, 0.25) is 0 Å². The molecule has 0 saturated carbocycles. The van der Waals surface area contributed by atoms with Crippen molar-refractivity contribution in [1.82, 2.24) is 24.7 Å². The van der Waals surface area contributed by atoms with Crippen LogP contribution in [-0.4, -0.2) is 24.7 Å². The molecule has 3 heterocycles. The van der Waals surface area contributed by atoms with E-state index >= 15 is 0 Å². The minimum Gasteiger partial charge on any atom is -0.305 e. The maximum Gasteiger partial charge on any atom is 0.251 e. The van der Waals surface area contributed by atoms with E-state index in [1.54, 1.807) is 17.1 Å². The molecule has 20 heavy (non-hydrogen) atoms. The number of aromatic amines is 1. The molecule has 0 unspecified atom stereocenters. The smallest absolute Gasteiger partial charge is 0.251 e. The molecule has 100 valence electrons. The van der Waals surface area contributed by atoms with E-state index in [4.69, 9.17) is 0 Å². The van der Waals surface area contributed by atoms with Gasteiger partial charge in [-0.3, -0.25) is 14.5 Å². The quantitative estimate of drug-likeness (QED) is 0.764. The number of hydrogen-bond acceptors (Lipinski definition) is 4. The van der Waals surface area contributed by atoms with Crippen LogP contribution in [0.4, 0.5) is 0 Å². The number of nitrogens with zero attached hydrogens (tertiary/aromatic N) is 4. The van der Waals surface area contributed by atoms with E-state index in [0.717, 1.165) is 11.1 Å². The van der Waals surface area contributed by atoms with Gasteiger partial charge in [0.05, 0.1) is 11.9 Å². The molecule has 0 fully saturated rings. The summed E-state index contributed by atoms with van der Waals surface area (Å²) < 4.78 is 1.67. The first-order chi connectivity index (χ1) is 9.61. The molecule has 0 radical (unpaired) electrons. The minimum atomic E-state index is -0.211. The molecular formula is C14H13N5O. The lowest BCUT2D eigenvalue weighted by molar-refractivity contribution is 0.768. The first kappa shape index (κ1) is 12.3. The van der Waals surface area contributed by atoms with E-state index in [1.165, 1.54) is 6.07 Å². The van der Waals surface area contributed by atoms with Gasteiger partial charge in [0.15, 0.2) is 5.82 Å². The van der Waals surface area contributed by atoms with Gasteiger partial charge in [-0.05, 0) is 24.6 Å². The van der Waals surface area contributed by atoms with E-state index in [9.17, 15) is 4.79 Å². The Kier molecular flexibility index (Phi) is 2.90. The second-order valence-corrected chi connectivity index (χ2v) is 4.60. The van der Waals surface area contributed by atoms with Gasteiger partial charge in [-0.15, -0.1) is 0 Å². The largest absolute Gasteiger partial charge is 0.305 e. The van der Waals surface area contributed by atoms with E-state index in [1.807, 2.05) is 32.3 Å². The third kappa shape index (κ3) is 2.35. The average molecular weight is 267 g/mol. The number of rotatable bonds is 2. The van der Waals surface area contributed by atoms with Crippen molar-refractivity contribution in [3.63, 3.8) is 0 Å². The lowest BCUT2D eigenvalue weighted by Crippen LogP contribution is -2.09. The summed E-state index contributed by atoms with van der Waals surface area (Å²) in [6.07, 6.45) is 5.19. The molecule has 6 nitrogen and oxygen atoms in total. The average Bonchev–Trinajstić information content (AvgIpc) is 2.85. The minimum absolute atomic E-state index is 0.211. The number of nitrogens with one attached hydrogen (secondary N) is 1. The topological polar surface area (TPSA) is 76.5 Å². The fourth-order valence-electron chi connectivity index (χ4n) is 1.95. The molecule has 0 spiro atoms.